The van der Waals surface area contributed by atoms with Crippen molar-refractivity contribution in [2.45, 2.75) is 50.5 Å². The lowest BCUT2D eigenvalue weighted by molar-refractivity contribution is 0.120. The van der Waals surface area contributed by atoms with E-state index in [9.17, 15) is 0 Å². The van der Waals surface area contributed by atoms with Crippen LogP contribution in [-0.2, 0) is 5.54 Å². The van der Waals surface area contributed by atoms with Crippen LogP contribution in [0.1, 0.15) is 56.1 Å². The van der Waals surface area contributed by atoms with E-state index in [4.69, 9.17) is 0 Å². The van der Waals surface area contributed by atoms with Gasteiger partial charge in [0.05, 0.1) is 0 Å². The molecule has 1 heteroatoms. The summed E-state index contributed by atoms with van der Waals surface area (Å²) >= 11 is 0. The second-order valence-electron chi connectivity index (χ2n) is 5.89. The van der Waals surface area contributed by atoms with Crippen molar-refractivity contribution in [2.24, 2.45) is 5.92 Å². The first-order chi connectivity index (χ1) is 8.28. The fourth-order valence-electron chi connectivity index (χ4n) is 4.27. The molecule has 1 N–H and O–H groups in total. The zero-order valence-electron chi connectivity index (χ0n) is 11.0. The minimum absolute atomic E-state index is 0.279. The zero-order valence-corrected chi connectivity index (χ0v) is 11.0. The van der Waals surface area contributed by atoms with Crippen LogP contribution in [-0.4, -0.2) is 7.05 Å². The molecule has 1 aromatic rings. The van der Waals surface area contributed by atoms with Gasteiger partial charge in [-0.2, -0.15) is 0 Å². The average molecular weight is 229 g/mol. The molecule has 0 aromatic heterocycles. The minimum Gasteiger partial charge on any atom is -0.310 e. The molecule has 0 saturated heterocycles. The van der Waals surface area contributed by atoms with Gasteiger partial charge in [-0.3, -0.25) is 0 Å². The Labute approximate surface area is 105 Å². The van der Waals surface area contributed by atoms with E-state index in [2.05, 4.69) is 43.6 Å². The van der Waals surface area contributed by atoms with Crippen molar-refractivity contribution in [3.05, 3.63) is 35.4 Å². The van der Waals surface area contributed by atoms with E-state index in [0.717, 1.165) is 11.8 Å². The highest BCUT2D eigenvalue weighted by Crippen LogP contribution is 2.51. The molecule has 92 valence electrons. The van der Waals surface area contributed by atoms with Gasteiger partial charge in [0, 0.05) is 5.54 Å². The SMILES string of the molecule is CN[C@]12CCCC[C@H]1CC(C)c1ccccc12. The quantitative estimate of drug-likeness (QED) is 0.772. The molecule has 3 atom stereocenters. The van der Waals surface area contributed by atoms with E-state index in [1.54, 1.807) is 11.1 Å². The van der Waals surface area contributed by atoms with Gasteiger partial charge in [0.25, 0.3) is 0 Å². The molecule has 0 radical (unpaired) electrons. The number of nitrogens with one attached hydrogen (secondary N) is 1. The van der Waals surface area contributed by atoms with E-state index >= 15 is 0 Å². The van der Waals surface area contributed by atoms with Crippen LogP contribution < -0.4 is 5.32 Å². The molecule has 0 aliphatic heterocycles. The maximum Gasteiger partial charge on any atom is 0.0463 e. The molecule has 1 unspecified atom stereocenters. The van der Waals surface area contributed by atoms with Crippen molar-refractivity contribution >= 4 is 0 Å². The maximum atomic E-state index is 3.70. The Balaban J connectivity index is 2.14. The molecule has 0 spiro atoms. The van der Waals surface area contributed by atoms with E-state index in [0.29, 0.717) is 0 Å². The van der Waals surface area contributed by atoms with Crippen molar-refractivity contribution in [3.8, 4) is 0 Å². The molecule has 0 amide bonds. The van der Waals surface area contributed by atoms with Crippen molar-refractivity contribution in [3.63, 3.8) is 0 Å². The molecule has 1 saturated carbocycles. The van der Waals surface area contributed by atoms with E-state index in [1.807, 2.05) is 0 Å². The second-order valence-corrected chi connectivity index (χ2v) is 5.89. The van der Waals surface area contributed by atoms with E-state index < -0.39 is 0 Å². The van der Waals surface area contributed by atoms with Gasteiger partial charge in [0.2, 0.25) is 0 Å². The summed E-state index contributed by atoms with van der Waals surface area (Å²) in [5.41, 5.74) is 3.45. The summed E-state index contributed by atoms with van der Waals surface area (Å²) < 4.78 is 0. The number of hydrogen-bond donors (Lipinski definition) is 1. The Hall–Kier alpha value is -0.820. The monoisotopic (exact) mass is 229 g/mol. The first kappa shape index (κ1) is 11.3. The van der Waals surface area contributed by atoms with E-state index in [1.165, 1.54) is 32.1 Å². The number of rotatable bonds is 1. The molecular weight excluding hydrogens is 206 g/mol. The first-order valence-corrected chi connectivity index (χ1v) is 7.06. The first-order valence-electron chi connectivity index (χ1n) is 7.06. The van der Waals surface area contributed by atoms with Crippen LogP contribution >= 0.6 is 0 Å². The van der Waals surface area contributed by atoms with Gasteiger partial charge >= 0.3 is 0 Å². The third-order valence-corrected chi connectivity index (χ3v) is 5.13. The summed E-state index contributed by atoms with van der Waals surface area (Å²) in [6.07, 6.45) is 6.87. The molecule has 0 bridgehead atoms. The van der Waals surface area contributed by atoms with Gasteiger partial charge in [-0.25, -0.2) is 0 Å². The van der Waals surface area contributed by atoms with Gasteiger partial charge in [-0.15, -0.1) is 0 Å². The predicted octanol–water partition coefficient (Wildman–Crippen LogP) is 3.80. The van der Waals surface area contributed by atoms with Crippen LogP contribution in [0.4, 0.5) is 0 Å². The van der Waals surface area contributed by atoms with Crippen molar-refractivity contribution in [2.75, 3.05) is 7.05 Å². The predicted molar refractivity (Wildman–Crippen MR) is 72.2 cm³/mol. The summed E-state index contributed by atoms with van der Waals surface area (Å²) in [4.78, 5) is 0. The molecule has 1 fully saturated rings. The summed E-state index contributed by atoms with van der Waals surface area (Å²) in [5.74, 6) is 1.57. The van der Waals surface area contributed by atoms with Gasteiger partial charge in [0.15, 0.2) is 0 Å². The van der Waals surface area contributed by atoms with Crippen molar-refractivity contribution in [1.29, 1.82) is 0 Å². The van der Waals surface area contributed by atoms with Crippen molar-refractivity contribution < 1.29 is 0 Å². The molecule has 17 heavy (non-hydrogen) atoms. The highest BCUT2D eigenvalue weighted by Gasteiger charge is 2.45. The standard InChI is InChI=1S/C16H23N/c1-12-11-13-7-5-6-10-16(13,17-2)15-9-4-3-8-14(12)15/h3-4,8-9,12-13,17H,5-7,10-11H2,1-2H3/t12?,13-,16+/m0/s1. The van der Waals surface area contributed by atoms with Gasteiger partial charge in [0.1, 0.15) is 0 Å². The van der Waals surface area contributed by atoms with Gasteiger partial charge in [-0.1, -0.05) is 44.0 Å². The molecule has 2 aliphatic rings. The average Bonchev–Trinajstić information content (AvgIpc) is 2.39. The smallest absolute Gasteiger partial charge is 0.0463 e. The van der Waals surface area contributed by atoms with Gasteiger partial charge in [-0.05, 0) is 49.3 Å². The number of fused-ring (bicyclic) bond motifs is 3. The fraction of sp³-hybridized carbons (Fsp3) is 0.625. The van der Waals surface area contributed by atoms with Crippen LogP contribution in [0.15, 0.2) is 24.3 Å². The van der Waals surface area contributed by atoms with Crippen LogP contribution in [0.25, 0.3) is 0 Å². The van der Waals surface area contributed by atoms with E-state index in [-0.39, 0.29) is 5.54 Å². The molecule has 2 aliphatic carbocycles. The maximum absolute atomic E-state index is 3.70. The lowest BCUT2D eigenvalue weighted by atomic mass is 9.60. The number of benzene rings is 1. The Morgan fingerprint density at radius 1 is 1.24 bits per heavy atom. The van der Waals surface area contributed by atoms with Crippen LogP contribution in [0.3, 0.4) is 0 Å². The third-order valence-electron chi connectivity index (χ3n) is 5.13. The third kappa shape index (κ3) is 1.55. The minimum atomic E-state index is 0.279. The molecular formula is C16H23N. The molecule has 0 heterocycles. The lowest BCUT2D eigenvalue weighted by Gasteiger charge is -2.50. The Bertz CT molecular complexity index is 412. The topological polar surface area (TPSA) is 12.0 Å². The molecule has 1 aromatic carbocycles. The largest absolute Gasteiger partial charge is 0.310 e. The van der Waals surface area contributed by atoms with Crippen LogP contribution in [0.2, 0.25) is 0 Å². The normalized spacial score (nSPS) is 36.1. The highest BCUT2D eigenvalue weighted by molar-refractivity contribution is 5.40. The Kier molecular flexibility index (Phi) is 2.74. The Morgan fingerprint density at radius 2 is 2.06 bits per heavy atom. The zero-order chi connectivity index (χ0) is 11.9. The summed E-state index contributed by atoms with van der Waals surface area (Å²) in [5, 5.41) is 3.70. The molecule has 3 rings (SSSR count). The van der Waals surface area contributed by atoms with Crippen molar-refractivity contribution in [1.82, 2.24) is 5.32 Å². The number of hydrogen-bond acceptors (Lipinski definition) is 1. The fourth-order valence-corrected chi connectivity index (χ4v) is 4.27. The van der Waals surface area contributed by atoms with Crippen LogP contribution in [0.5, 0.6) is 0 Å². The molecule has 1 nitrogen and oxygen atoms in total. The summed E-state index contributed by atoms with van der Waals surface area (Å²) in [6.45, 7) is 2.40. The summed E-state index contributed by atoms with van der Waals surface area (Å²) in [7, 11) is 2.16. The van der Waals surface area contributed by atoms with Crippen LogP contribution in [0, 0.1) is 5.92 Å². The lowest BCUT2D eigenvalue weighted by Crippen LogP contribution is -2.51. The summed E-state index contributed by atoms with van der Waals surface area (Å²) in [6, 6.07) is 9.10. The highest BCUT2D eigenvalue weighted by atomic mass is 15.0. The second kappa shape index (κ2) is 4.13. The van der Waals surface area contributed by atoms with Gasteiger partial charge < -0.3 is 5.32 Å². The Morgan fingerprint density at radius 3 is 2.88 bits per heavy atom.